The van der Waals surface area contributed by atoms with Gasteiger partial charge >= 0.3 is 6.09 Å². The van der Waals surface area contributed by atoms with Crippen LogP contribution in [-0.2, 0) is 4.74 Å². The normalized spacial score (nSPS) is 10.9. The lowest BCUT2D eigenvalue weighted by atomic mass is 10.2. The van der Waals surface area contributed by atoms with Gasteiger partial charge in [-0.3, -0.25) is 4.98 Å². The first-order chi connectivity index (χ1) is 8.37. The number of aromatic nitrogens is 2. The molecular formula is C12H20N4O2. The van der Waals surface area contributed by atoms with Gasteiger partial charge < -0.3 is 15.4 Å². The molecule has 100 valence electrons. The number of anilines is 1. The van der Waals surface area contributed by atoms with E-state index in [4.69, 9.17) is 4.74 Å². The van der Waals surface area contributed by atoms with Crippen molar-refractivity contribution in [3.8, 4) is 0 Å². The van der Waals surface area contributed by atoms with Gasteiger partial charge in [0.15, 0.2) is 0 Å². The Kier molecular flexibility index (Phi) is 4.88. The summed E-state index contributed by atoms with van der Waals surface area (Å²) in [5.74, 6) is 0.695. The zero-order chi connectivity index (χ0) is 13.6. The second-order valence-electron chi connectivity index (χ2n) is 4.90. The quantitative estimate of drug-likeness (QED) is 0.798. The molecule has 0 aliphatic rings. The maximum absolute atomic E-state index is 11.3. The highest BCUT2D eigenvalue weighted by Gasteiger charge is 2.15. The van der Waals surface area contributed by atoms with Crippen LogP contribution in [0.4, 0.5) is 10.6 Å². The standard InChI is InChI=1S/C12H20N4O2/c1-9-7-13-8-10(16-9)14-5-6-15-11(17)18-12(2,3)4/h7-8H,5-6H2,1-4H3,(H,14,16)(H,15,17). The minimum absolute atomic E-state index is 0.417. The lowest BCUT2D eigenvalue weighted by Gasteiger charge is -2.19. The van der Waals surface area contributed by atoms with Crippen LogP contribution in [0.3, 0.4) is 0 Å². The lowest BCUT2D eigenvalue weighted by molar-refractivity contribution is 0.0530. The van der Waals surface area contributed by atoms with Crippen LogP contribution < -0.4 is 10.6 Å². The van der Waals surface area contributed by atoms with E-state index in [-0.39, 0.29) is 0 Å². The van der Waals surface area contributed by atoms with Crippen molar-refractivity contribution < 1.29 is 9.53 Å². The van der Waals surface area contributed by atoms with Crippen molar-refractivity contribution in [2.24, 2.45) is 0 Å². The Labute approximate surface area is 107 Å². The van der Waals surface area contributed by atoms with Gasteiger partial charge in [-0.2, -0.15) is 0 Å². The van der Waals surface area contributed by atoms with Crippen molar-refractivity contribution >= 4 is 11.9 Å². The second-order valence-corrected chi connectivity index (χ2v) is 4.90. The molecule has 0 aromatic carbocycles. The van der Waals surface area contributed by atoms with Crippen molar-refractivity contribution in [3.63, 3.8) is 0 Å². The fourth-order valence-electron chi connectivity index (χ4n) is 1.22. The van der Waals surface area contributed by atoms with Gasteiger partial charge in [-0.1, -0.05) is 0 Å². The van der Waals surface area contributed by atoms with Gasteiger partial charge in [-0.05, 0) is 27.7 Å². The summed E-state index contributed by atoms with van der Waals surface area (Å²) in [5.41, 5.74) is 0.375. The molecule has 1 heterocycles. The number of hydrogen-bond donors (Lipinski definition) is 2. The van der Waals surface area contributed by atoms with Gasteiger partial charge in [0.2, 0.25) is 0 Å². The maximum atomic E-state index is 11.3. The van der Waals surface area contributed by atoms with Crippen LogP contribution in [0.5, 0.6) is 0 Å². The molecule has 0 bridgehead atoms. The summed E-state index contributed by atoms with van der Waals surface area (Å²) >= 11 is 0. The van der Waals surface area contributed by atoms with E-state index in [2.05, 4.69) is 20.6 Å². The van der Waals surface area contributed by atoms with E-state index in [0.29, 0.717) is 18.9 Å². The number of aryl methyl sites for hydroxylation is 1. The van der Waals surface area contributed by atoms with Crippen molar-refractivity contribution in [3.05, 3.63) is 18.1 Å². The van der Waals surface area contributed by atoms with Gasteiger partial charge in [0.05, 0.1) is 11.9 Å². The van der Waals surface area contributed by atoms with Gasteiger partial charge in [-0.15, -0.1) is 0 Å². The molecule has 1 amide bonds. The molecule has 18 heavy (non-hydrogen) atoms. The van der Waals surface area contributed by atoms with Crippen LogP contribution >= 0.6 is 0 Å². The fourth-order valence-corrected chi connectivity index (χ4v) is 1.22. The van der Waals surface area contributed by atoms with Gasteiger partial charge in [0.25, 0.3) is 0 Å². The summed E-state index contributed by atoms with van der Waals surface area (Å²) < 4.78 is 5.10. The Hall–Kier alpha value is -1.85. The van der Waals surface area contributed by atoms with Crippen molar-refractivity contribution in [1.29, 1.82) is 0 Å². The number of carbonyl (C=O) groups is 1. The van der Waals surface area contributed by atoms with Crippen LogP contribution in [0.1, 0.15) is 26.5 Å². The molecule has 1 aromatic rings. The van der Waals surface area contributed by atoms with Crippen molar-refractivity contribution in [2.75, 3.05) is 18.4 Å². The van der Waals surface area contributed by atoms with Crippen molar-refractivity contribution in [1.82, 2.24) is 15.3 Å². The Balaban J connectivity index is 2.21. The molecule has 0 saturated heterocycles. The number of rotatable bonds is 4. The van der Waals surface area contributed by atoms with E-state index in [1.165, 1.54) is 0 Å². The third-order valence-electron chi connectivity index (χ3n) is 1.85. The minimum atomic E-state index is -0.473. The molecule has 0 radical (unpaired) electrons. The molecule has 1 rings (SSSR count). The molecule has 2 N–H and O–H groups in total. The zero-order valence-electron chi connectivity index (χ0n) is 11.3. The molecule has 6 heteroatoms. The van der Waals surface area contributed by atoms with E-state index < -0.39 is 11.7 Å². The Bertz CT molecular complexity index is 401. The molecule has 0 unspecified atom stereocenters. The third-order valence-corrected chi connectivity index (χ3v) is 1.85. The number of nitrogens with zero attached hydrogens (tertiary/aromatic N) is 2. The van der Waals surface area contributed by atoms with Crippen LogP contribution in [0.15, 0.2) is 12.4 Å². The van der Waals surface area contributed by atoms with E-state index in [0.717, 1.165) is 5.69 Å². The molecule has 0 aliphatic heterocycles. The second kappa shape index (κ2) is 6.18. The van der Waals surface area contributed by atoms with Crippen LogP contribution in [0.25, 0.3) is 0 Å². The SMILES string of the molecule is Cc1cncc(NCCNC(=O)OC(C)(C)C)n1. The molecular weight excluding hydrogens is 232 g/mol. The summed E-state index contributed by atoms with van der Waals surface area (Å²) in [6.07, 6.45) is 2.91. The molecule has 0 spiro atoms. The summed E-state index contributed by atoms with van der Waals surface area (Å²) in [5, 5.41) is 5.71. The van der Waals surface area contributed by atoms with Crippen molar-refractivity contribution in [2.45, 2.75) is 33.3 Å². The minimum Gasteiger partial charge on any atom is -0.444 e. The van der Waals surface area contributed by atoms with E-state index >= 15 is 0 Å². The van der Waals surface area contributed by atoms with E-state index in [9.17, 15) is 4.79 Å². The number of nitrogens with one attached hydrogen (secondary N) is 2. The predicted molar refractivity (Wildman–Crippen MR) is 69.5 cm³/mol. The molecule has 1 aromatic heterocycles. The summed E-state index contributed by atoms with van der Waals surface area (Å²) in [6.45, 7) is 8.38. The smallest absolute Gasteiger partial charge is 0.407 e. The third kappa shape index (κ3) is 6.03. The highest BCUT2D eigenvalue weighted by molar-refractivity contribution is 5.67. The van der Waals surface area contributed by atoms with Crippen LogP contribution in [-0.4, -0.2) is 34.8 Å². The topological polar surface area (TPSA) is 76.1 Å². The Morgan fingerprint density at radius 2 is 2.06 bits per heavy atom. The maximum Gasteiger partial charge on any atom is 0.407 e. The first kappa shape index (κ1) is 14.2. The molecule has 6 nitrogen and oxygen atoms in total. The number of carbonyl (C=O) groups excluding carboxylic acids is 1. The highest BCUT2D eigenvalue weighted by atomic mass is 16.6. The largest absolute Gasteiger partial charge is 0.444 e. The summed E-state index contributed by atoms with van der Waals surface area (Å²) in [6, 6.07) is 0. The van der Waals surface area contributed by atoms with E-state index in [1.54, 1.807) is 12.4 Å². The molecule has 0 aliphatic carbocycles. The fraction of sp³-hybridized carbons (Fsp3) is 0.583. The summed E-state index contributed by atoms with van der Waals surface area (Å²) in [7, 11) is 0. The van der Waals surface area contributed by atoms with E-state index in [1.807, 2.05) is 27.7 Å². The number of ether oxygens (including phenoxy) is 1. The van der Waals surface area contributed by atoms with Gasteiger partial charge in [-0.25, -0.2) is 9.78 Å². The van der Waals surface area contributed by atoms with Crippen LogP contribution in [0.2, 0.25) is 0 Å². The lowest BCUT2D eigenvalue weighted by Crippen LogP contribution is -2.35. The predicted octanol–water partition coefficient (Wildman–Crippen LogP) is 1.72. The first-order valence-corrected chi connectivity index (χ1v) is 5.86. The van der Waals surface area contributed by atoms with Gasteiger partial charge in [0, 0.05) is 19.3 Å². The van der Waals surface area contributed by atoms with Gasteiger partial charge in [0.1, 0.15) is 11.4 Å². The first-order valence-electron chi connectivity index (χ1n) is 5.86. The van der Waals surface area contributed by atoms with Crippen LogP contribution in [0, 0.1) is 6.92 Å². The number of alkyl carbamates (subject to hydrolysis) is 1. The summed E-state index contributed by atoms with van der Waals surface area (Å²) in [4.78, 5) is 19.6. The molecule has 0 atom stereocenters. The monoisotopic (exact) mass is 252 g/mol. The Morgan fingerprint density at radius 1 is 1.33 bits per heavy atom. The number of hydrogen-bond acceptors (Lipinski definition) is 5. The molecule has 0 fully saturated rings. The number of amides is 1. The zero-order valence-corrected chi connectivity index (χ0v) is 11.3. The highest BCUT2D eigenvalue weighted by Crippen LogP contribution is 2.06. The average molecular weight is 252 g/mol. The molecule has 0 saturated carbocycles. The average Bonchev–Trinajstić information content (AvgIpc) is 2.22. The Morgan fingerprint density at radius 3 is 2.67 bits per heavy atom.